The van der Waals surface area contributed by atoms with E-state index in [4.69, 9.17) is 15.0 Å². The molecule has 4 nitrogen and oxygen atoms in total. The molecule has 0 amide bonds. The summed E-state index contributed by atoms with van der Waals surface area (Å²) in [5, 5.41) is 12.1. The molecule has 0 aliphatic carbocycles. The second kappa shape index (κ2) is 11.8. The predicted molar refractivity (Wildman–Crippen MR) is 226 cm³/mol. The fourth-order valence-electron chi connectivity index (χ4n) is 8.26. The van der Waals surface area contributed by atoms with E-state index in [0.717, 1.165) is 55.1 Å². The van der Waals surface area contributed by atoms with Crippen LogP contribution in [0, 0.1) is 0 Å². The van der Waals surface area contributed by atoms with Gasteiger partial charge in [-0.15, -0.1) is 0 Å². The van der Waals surface area contributed by atoms with Crippen molar-refractivity contribution in [2.75, 3.05) is 0 Å². The van der Waals surface area contributed by atoms with Crippen molar-refractivity contribution in [3.05, 3.63) is 176 Å². The van der Waals surface area contributed by atoms with Gasteiger partial charge in [-0.25, -0.2) is 0 Å². The van der Waals surface area contributed by atoms with Gasteiger partial charge in [0.1, 0.15) is 0 Å². The van der Waals surface area contributed by atoms with E-state index < -0.39 is 5.51 Å². The first-order valence-electron chi connectivity index (χ1n) is 17.7. The maximum atomic E-state index is 5.40. The Labute approximate surface area is 312 Å². The summed E-state index contributed by atoms with van der Waals surface area (Å²) in [7, 11) is 0. The topological polar surface area (TPSA) is 43.1 Å². The summed E-state index contributed by atoms with van der Waals surface area (Å²) in [4.78, 5) is 14.9. The summed E-state index contributed by atoms with van der Waals surface area (Å²) < 4.78 is 2.39. The molecule has 0 unspecified atom stereocenters. The molecule has 11 aromatic rings. The fourth-order valence-corrected chi connectivity index (χ4v) is 13.2. The second-order valence-electron chi connectivity index (χ2n) is 13.6. The van der Waals surface area contributed by atoms with E-state index in [1.807, 2.05) is 24.5 Å². The van der Waals surface area contributed by atoms with Gasteiger partial charge in [0.25, 0.3) is 0 Å². The van der Waals surface area contributed by atoms with Crippen LogP contribution in [-0.2, 0) is 0 Å². The third-order valence-corrected chi connectivity index (χ3v) is 17.7. The first-order valence-corrected chi connectivity index (χ1v) is 21.7. The number of fused-ring (bicyclic) bond motifs is 13. The van der Waals surface area contributed by atoms with Crippen LogP contribution in [0.1, 0.15) is 0 Å². The molecule has 4 heterocycles. The Morgan fingerprint density at radius 1 is 0.472 bits per heavy atom. The van der Waals surface area contributed by atoms with Crippen LogP contribution in [0.25, 0.3) is 82.1 Å². The number of hydrogen-bond acceptors (Lipinski definition) is 3. The zero-order valence-electron chi connectivity index (χ0n) is 28.4. The Balaban J connectivity index is 1.26. The standard InChI is InChI=1S/C47H29N4PSe/c53-52(33-13-3-1-4-14-33,34-15-5-2-6-16-34)35-21-24-42-40(29-35)37-22-19-30-11-7-8-17-36(30)44(37)47-50-41-23-20-31(28-43(41)51(42)47)39-27-32-12-9-25-48-45(32)46-38(39)18-10-26-49-46/h1-29H. The van der Waals surface area contributed by atoms with Gasteiger partial charge in [-0.1, -0.05) is 6.07 Å². The number of nitrogens with zero attached hydrogens (tertiary/aromatic N) is 4. The van der Waals surface area contributed by atoms with Crippen molar-refractivity contribution in [1.29, 1.82) is 0 Å². The number of pyridine rings is 3. The molecule has 0 N–H and O–H groups in total. The summed E-state index contributed by atoms with van der Waals surface area (Å²) in [5.74, 6) is 0. The SMILES string of the molecule is [Se]=P(c1ccccc1)(c1ccccc1)c1ccc2c(c1)c1ccc3ccccc3c1c1nc3ccc(-c4cc5cccnc5c5ncccc45)cc3n21. The molecule has 248 valence electrons. The van der Waals surface area contributed by atoms with Crippen LogP contribution >= 0.6 is 5.51 Å². The quantitative estimate of drug-likeness (QED) is 0.102. The van der Waals surface area contributed by atoms with E-state index in [1.165, 1.54) is 42.8 Å². The van der Waals surface area contributed by atoms with E-state index >= 15 is 0 Å². The Bertz CT molecular complexity index is 3280. The zero-order valence-corrected chi connectivity index (χ0v) is 31.0. The average molecular weight is 760 g/mol. The van der Waals surface area contributed by atoms with Crippen LogP contribution in [-0.4, -0.2) is 34.5 Å². The van der Waals surface area contributed by atoms with E-state index in [0.29, 0.717) is 0 Å². The first kappa shape index (κ1) is 30.6. The molecule has 0 spiro atoms. The summed E-state index contributed by atoms with van der Waals surface area (Å²) in [5.41, 5.74) is 6.11. The van der Waals surface area contributed by atoms with Gasteiger partial charge in [0.05, 0.1) is 5.52 Å². The number of aromatic nitrogens is 4. The molecule has 0 saturated heterocycles. The molecule has 0 aliphatic rings. The summed E-state index contributed by atoms with van der Waals surface area (Å²) in [6.07, 6.45) is 3.69. The molecule has 0 fully saturated rings. The third kappa shape index (κ3) is 4.55. The third-order valence-electron chi connectivity index (χ3n) is 10.7. The van der Waals surface area contributed by atoms with Gasteiger partial charge in [-0.05, 0) is 12.1 Å². The zero-order chi connectivity index (χ0) is 35.1. The van der Waals surface area contributed by atoms with Crippen LogP contribution in [0.4, 0.5) is 0 Å². The van der Waals surface area contributed by atoms with Crippen molar-refractivity contribution in [3.63, 3.8) is 0 Å². The first-order chi connectivity index (χ1) is 26.2. The molecular formula is C47H29N4PSe. The number of imidazole rings is 1. The molecule has 7 aromatic carbocycles. The van der Waals surface area contributed by atoms with Crippen molar-refractivity contribution in [2.45, 2.75) is 0 Å². The van der Waals surface area contributed by atoms with Gasteiger partial charge >= 0.3 is 268 Å². The Morgan fingerprint density at radius 3 is 1.98 bits per heavy atom. The molecule has 0 aliphatic heterocycles. The average Bonchev–Trinajstić information content (AvgIpc) is 3.62. The minimum atomic E-state index is -2.10. The number of benzene rings is 7. The van der Waals surface area contributed by atoms with Crippen LogP contribution in [0.15, 0.2) is 176 Å². The molecule has 0 saturated carbocycles. The van der Waals surface area contributed by atoms with Gasteiger partial charge in [0.2, 0.25) is 0 Å². The summed E-state index contributed by atoms with van der Waals surface area (Å²) in [6.45, 7) is 0. The molecule has 6 heteroatoms. The molecule has 0 radical (unpaired) electrons. The van der Waals surface area contributed by atoms with E-state index in [2.05, 4.69) is 171 Å². The van der Waals surface area contributed by atoms with Crippen LogP contribution < -0.4 is 15.9 Å². The Hall–Kier alpha value is -5.96. The van der Waals surface area contributed by atoms with Gasteiger partial charge in [0, 0.05) is 12.4 Å². The van der Waals surface area contributed by atoms with Gasteiger partial charge in [-0.2, -0.15) is 0 Å². The van der Waals surface area contributed by atoms with Gasteiger partial charge < -0.3 is 0 Å². The Morgan fingerprint density at radius 2 is 1.17 bits per heavy atom. The molecular weight excluding hydrogens is 730 g/mol. The van der Waals surface area contributed by atoms with Crippen LogP contribution in [0.5, 0.6) is 0 Å². The van der Waals surface area contributed by atoms with Crippen molar-refractivity contribution >= 4 is 107 Å². The second-order valence-corrected chi connectivity index (χ2v) is 19.8. The van der Waals surface area contributed by atoms with Crippen molar-refractivity contribution in [3.8, 4) is 11.1 Å². The van der Waals surface area contributed by atoms with E-state index in [9.17, 15) is 0 Å². The summed E-state index contributed by atoms with van der Waals surface area (Å²) >= 11 is 3.78. The normalized spacial score (nSPS) is 12.2. The monoisotopic (exact) mass is 760 g/mol. The van der Waals surface area contributed by atoms with Gasteiger partial charge in [0.15, 0.2) is 0 Å². The molecule has 53 heavy (non-hydrogen) atoms. The van der Waals surface area contributed by atoms with Crippen LogP contribution in [0.2, 0.25) is 0 Å². The van der Waals surface area contributed by atoms with Crippen molar-refractivity contribution in [2.24, 2.45) is 0 Å². The molecule has 0 bridgehead atoms. The molecule has 0 atom stereocenters. The van der Waals surface area contributed by atoms with E-state index in [-0.39, 0.29) is 0 Å². The van der Waals surface area contributed by atoms with E-state index in [1.54, 1.807) is 0 Å². The Kier molecular flexibility index (Phi) is 6.81. The van der Waals surface area contributed by atoms with Crippen molar-refractivity contribution < 1.29 is 0 Å². The fraction of sp³-hybridized carbons (Fsp3) is 0. The van der Waals surface area contributed by atoms with Crippen molar-refractivity contribution in [1.82, 2.24) is 19.4 Å². The number of rotatable bonds is 4. The predicted octanol–water partition coefficient (Wildman–Crippen LogP) is 10.1. The van der Waals surface area contributed by atoms with Crippen LogP contribution in [0.3, 0.4) is 0 Å². The molecule has 4 aromatic heterocycles. The van der Waals surface area contributed by atoms with Gasteiger partial charge in [-0.3, -0.25) is 9.97 Å². The molecule has 11 rings (SSSR count). The maximum absolute atomic E-state index is 5.40. The number of hydrogen-bond donors (Lipinski definition) is 0. The summed E-state index contributed by atoms with van der Waals surface area (Å²) in [6, 6.07) is 59.4. The minimum absolute atomic E-state index is 0.911.